The summed E-state index contributed by atoms with van der Waals surface area (Å²) in [7, 11) is 0. The molecular weight excluding hydrogens is 334 g/mol. The minimum atomic E-state index is -0.241. The molecule has 0 fully saturated rings. The van der Waals surface area contributed by atoms with E-state index in [1.165, 1.54) is 0 Å². The highest BCUT2D eigenvalue weighted by Gasteiger charge is 2.12. The normalized spacial score (nSPS) is 10.3. The molecule has 126 valence electrons. The van der Waals surface area contributed by atoms with Gasteiger partial charge in [-0.2, -0.15) is 0 Å². The number of amides is 1. The lowest BCUT2D eigenvalue weighted by Gasteiger charge is -2.22. The fourth-order valence-electron chi connectivity index (χ4n) is 2.52. The van der Waals surface area contributed by atoms with Crippen molar-refractivity contribution in [1.82, 2.24) is 4.98 Å². The zero-order valence-electron chi connectivity index (χ0n) is 13.8. The number of nitrogens with zero attached hydrogens (tertiary/aromatic N) is 2. The molecule has 0 unspecified atom stereocenters. The van der Waals surface area contributed by atoms with Gasteiger partial charge in [0.25, 0.3) is 5.91 Å². The predicted molar refractivity (Wildman–Crippen MR) is 103 cm³/mol. The Morgan fingerprint density at radius 2 is 1.76 bits per heavy atom. The standard InChI is InChI=1S/C20H18ClN3O/c1-2-24(16-8-4-3-5-9-16)19-13-12-15(14-22-19)20(25)23-18-11-7-6-10-17(18)21/h3-14H,2H2,1H3,(H,23,25). The lowest BCUT2D eigenvalue weighted by molar-refractivity contribution is 0.102. The quantitative estimate of drug-likeness (QED) is 0.691. The van der Waals surface area contributed by atoms with Crippen LogP contribution in [-0.2, 0) is 0 Å². The molecule has 0 atom stereocenters. The van der Waals surface area contributed by atoms with Crippen molar-refractivity contribution >= 4 is 34.7 Å². The molecule has 0 bridgehead atoms. The highest BCUT2D eigenvalue weighted by Crippen LogP contribution is 2.24. The number of pyridine rings is 1. The van der Waals surface area contributed by atoms with Crippen LogP contribution in [-0.4, -0.2) is 17.4 Å². The Balaban J connectivity index is 1.77. The van der Waals surface area contributed by atoms with Crippen molar-refractivity contribution in [2.24, 2.45) is 0 Å². The molecule has 2 aromatic carbocycles. The molecule has 0 aliphatic rings. The van der Waals surface area contributed by atoms with Gasteiger partial charge >= 0.3 is 0 Å². The molecule has 3 aromatic rings. The summed E-state index contributed by atoms with van der Waals surface area (Å²) in [4.78, 5) is 18.9. The van der Waals surface area contributed by atoms with E-state index in [-0.39, 0.29) is 5.91 Å². The van der Waals surface area contributed by atoms with Gasteiger partial charge in [-0.05, 0) is 43.3 Å². The van der Waals surface area contributed by atoms with Gasteiger partial charge in [-0.25, -0.2) is 4.98 Å². The van der Waals surface area contributed by atoms with E-state index in [4.69, 9.17) is 11.6 Å². The van der Waals surface area contributed by atoms with Gasteiger partial charge in [-0.15, -0.1) is 0 Å². The first-order valence-electron chi connectivity index (χ1n) is 8.03. The third kappa shape index (κ3) is 3.98. The van der Waals surface area contributed by atoms with Gasteiger partial charge in [-0.3, -0.25) is 4.79 Å². The summed E-state index contributed by atoms with van der Waals surface area (Å²) in [5.74, 6) is 0.554. The van der Waals surface area contributed by atoms with Crippen molar-refractivity contribution < 1.29 is 4.79 Å². The molecule has 0 aliphatic heterocycles. The SMILES string of the molecule is CCN(c1ccccc1)c1ccc(C(=O)Nc2ccccc2Cl)cn1. The summed E-state index contributed by atoms with van der Waals surface area (Å²) in [6.45, 7) is 2.84. The van der Waals surface area contributed by atoms with Crippen LogP contribution < -0.4 is 10.2 Å². The van der Waals surface area contributed by atoms with Crippen molar-refractivity contribution in [1.29, 1.82) is 0 Å². The average Bonchev–Trinajstić information content (AvgIpc) is 2.66. The zero-order valence-corrected chi connectivity index (χ0v) is 14.6. The van der Waals surface area contributed by atoms with Crippen LogP contribution in [0.25, 0.3) is 0 Å². The third-order valence-electron chi connectivity index (χ3n) is 3.79. The van der Waals surface area contributed by atoms with Crippen LogP contribution in [0.5, 0.6) is 0 Å². The molecule has 0 radical (unpaired) electrons. The molecule has 0 saturated carbocycles. The minimum Gasteiger partial charge on any atom is -0.327 e. The first-order valence-corrected chi connectivity index (χ1v) is 8.41. The van der Waals surface area contributed by atoms with Gasteiger partial charge in [-0.1, -0.05) is 41.9 Å². The van der Waals surface area contributed by atoms with Crippen molar-refractivity contribution in [3.8, 4) is 0 Å². The second-order valence-corrected chi connectivity index (χ2v) is 5.83. The summed E-state index contributed by atoms with van der Waals surface area (Å²) in [6.07, 6.45) is 1.58. The highest BCUT2D eigenvalue weighted by molar-refractivity contribution is 6.33. The van der Waals surface area contributed by atoms with Crippen LogP contribution in [0.2, 0.25) is 5.02 Å². The number of para-hydroxylation sites is 2. The summed E-state index contributed by atoms with van der Waals surface area (Å²) < 4.78 is 0. The van der Waals surface area contributed by atoms with Crippen LogP contribution in [0.15, 0.2) is 72.9 Å². The average molecular weight is 352 g/mol. The van der Waals surface area contributed by atoms with E-state index in [1.807, 2.05) is 48.5 Å². The number of hydrogen-bond donors (Lipinski definition) is 1. The first-order chi connectivity index (χ1) is 12.2. The molecule has 5 heteroatoms. The Kier molecular flexibility index (Phi) is 5.31. The van der Waals surface area contributed by atoms with E-state index in [2.05, 4.69) is 22.1 Å². The number of nitrogens with one attached hydrogen (secondary N) is 1. The Morgan fingerprint density at radius 3 is 2.40 bits per heavy atom. The molecule has 1 aromatic heterocycles. The molecular formula is C20H18ClN3O. The number of carbonyl (C=O) groups excluding carboxylic acids is 1. The maximum atomic E-state index is 12.4. The van der Waals surface area contributed by atoms with E-state index < -0.39 is 0 Å². The second kappa shape index (κ2) is 7.81. The molecule has 1 heterocycles. The van der Waals surface area contributed by atoms with Crippen molar-refractivity contribution in [3.05, 3.63) is 83.5 Å². The van der Waals surface area contributed by atoms with Crippen LogP contribution >= 0.6 is 11.6 Å². The van der Waals surface area contributed by atoms with E-state index >= 15 is 0 Å². The van der Waals surface area contributed by atoms with Gasteiger partial charge in [0.1, 0.15) is 5.82 Å². The van der Waals surface area contributed by atoms with Gasteiger partial charge in [0.05, 0.1) is 16.3 Å². The Hall–Kier alpha value is -2.85. The molecule has 3 rings (SSSR count). The first kappa shape index (κ1) is 17.0. The van der Waals surface area contributed by atoms with Crippen LogP contribution in [0.3, 0.4) is 0 Å². The maximum absolute atomic E-state index is 12.4. The minimum absolute atomic E-state index is 0.241. The topological polar surface area (TPSA) is 45.2 Å². The number of aromatic nitrogens is 1. The molecule has 1 amide bonds. The van der Waals surface area contributed by atoms with Crippen LogP contribution in [0.1, 0.15) is 17.3 Å². The number of rotatable bonds is 5. The smallest absolute Gasteiger partial charge is 0.257 e. The molecule has 1 N–H and O–H groups in total. The summed E-state index contributed by atoms with van der Waals surface area (Å²) in [6, 6.07) is 20.8. The number of anilines is 3. The molecule has 25 heavy (non-hydrogen) atoms. The van der Waals surface area contributed by atoms with E-state index in [1.54, 1.807) is 24.4 Å². The summed E-state index contributed by atoms with van der Waals surface area (Å²) in [5.41, 5.74) is 2.12. The van der Waals surface area contributed by atoms with Crippen molar-refractivity contribution in [3.63, 3.8) is 0 Å². The predicted octanol–water partition coefficient (Wildman–Crippen LogP) is 5.15. The van der Waals surface area contributed by atoms with Crippen molar-refractivity contribution in [2.45, 2.75) is 6.92 Å². The lowest BCUT2D eigenvalue weighted by Crippen LogP contribution is -2.18. The lowest BCUT2D eigenvalue weighted by atomic mass is 10.2. The molecule has 0 spiro atoms. The largest absolute Gasteiger partial charge is 0.327 e. The van der Waals surface area contributed by atoms with Crippen molar-refractivity contribution in [2.75, 3.05) is 16.8 Å². The van der Waals surface area contributed by atoms with Gasteiger partial charge < -0.3 is 10.2 Å². The summed E-state index contributed by atoms with van der Waals surface area (Å²) in [5, 5.41) is 3.30. The molecule has 0 aliphatic carbocycles. The van der Waals surface area contributed by atoms with Gasteiger partial charge in [0, 0.05) is 18.4 Å². The number of benzene rings is 2. The van der Waals surface area contributed by atoms with Gasteiger partial charge in [0.15, 0.2) is 0 Å². The van der Waals surface area contributed by atoms with E-state index in [0.717, 1.165) is 18.1 Å². The monoisotopic (exact) mass is 351 g/mol. The van der Waals surface area contributed by atoms with Gasteiger partial charge in [0.2, 0.25) is 0 Å². The highest BCUT2D eigenvalue weighted by atomic mass is 35.5. The fourth-order valence-corrected chi connectivity index (χ4v) is 2.70. The summed E-state index contributed by atoms with van der Waals surface area (Å²) >= 11 is 6.07. The second-order valence-electron chi connectivity index (χ2n) is 5.42. The fraction of sp³-hybridized carbons (Fsp3) is 0.100. The molecule has 0 saturated heterocycles. The van der Waals surface area contributed by atoms with Crippen LogP contribution in [0.4, 0.5) is 17.2 Å². The maximum Gasteiger partial charge on any atom is 0.257 e. The number of hydrogen-bond acceptors (Lipinski definition) is 3. The Morgan fingerprint density at radius 1 is 1.04 bits per heavy atom. The van der Waals surface area contributed by atoms with E-state index in [0.29, 0.717) is 16.3 Å². The molecule has 4 nitrogen and oxygen atoms in total. The third-order valence-corrected chi connectivity index (χ3v) is 4.12. The zero-order chi connectivity index (χ0) is 17.6. The van der Waals surface area contributed by atoms with E-state index in [9.17, 15) is 4.79 Å². The Bertz CT molecular complexity index is 850. The van der Waals surface area contributed by atoms with Crippen LogP contribution in [0, 0.1) is 0 Å². The number of halogens is 1. The number of carbonyl (C=O) groups is 1. The Labute approximate surface area is 152 Å².